The fourth-order valence-corrected chi connectivity index (χ4v) is 3.07. The molecule has 0 bridgehead atoms. The Kier molecular flexibility index (Phi) is 7.98. The molecule has 0 atom stereocenters. The van der Waals surface area contributed by atoms with Gasteiger partial charge in [0, 0.05) is 0 Å². The van der Waals surface area contributed by atoms with Crippen LogP contribution in [0.25, 0.3) is 17.2 Å². The molecule has 6 heteroatoms. The van der Waals surface area contributed by atoms with E-state index in [9.17, 15) is 14.9 Å². The fraction of sp³-hybridized carbons (Fsp3) is 0.148. The maximum absolute atomic E-state index is 12.7. The van der Waals surface area contributed by atoms with E-state index < -0.39 is 11.9 Å². The van der Waals surface area contributed by atoms with Gasteiger partial charge in [-0.2, -0.15) is 5.26 Å². The lowest BCUT2D eigenvalue weighted by atomic mass is 10.0. The van der Waals surface area contributed by atoms with Crippen LogP contribution in [0.3, 0.4) is 0 Å². The lowest BCUT2D eigenvalue weighted by Crippen LogP contribution is -2.10. The molecule has 0 aliphatic rings. The van der Waals surface area contributed by atoms with Crippen LogP contribution < -0.4 is 9.47 Å². The Morgan fingerprint density at radius 1 is 0.879 bits per heavy atom. The van der Waals surface area contributed by atoms with Gasteiger partial charge in [-0.25, -0.2) is 9.59 Å². The lowest BCUT2D eigenvalue weighted by Gasteiger charge is -2.12. The van der Waals surface area contributed by atoms with E-state index in [4.69, 9.17) is 14.2 Å². The fourth-order valence-electron chi connectivity index (χ4n) is 3.07. The van der Waals surface area contributed by atoms with E-state index in [1.165, 1.54) is 6.08 Å². The molecule has 0 saturated carbocycles. The maximum Gasteiger partial charge on any atom is 0.348 e. The molecule has 3 aromatic carbocycles. The van der Waals surface area contributed by atoms with E-state index >= 15 is 0 Å². The number of esters is 2. The molecule has 3 rings (SSSR count). The van der Waals surface area contributed by atoms with Crippen molar-refractivity contribution in [1.82, 2.24) is 0 Å². The smallest absolute Gasteiger partial charge is 0.348 e. The summed E-state index contributed by atoms with van der Waals surface area (Å²) in [6.45, 7) is 3.98. The van der Waals surface area contributed by atoms with Crippen LogP contribution in [-0.2, 0) is 9.53 Å². The first-order valence-electron chi connectivity index (χ1n) is 10.5. The van der Waals surface area contributed by atoms with Gasteiger partial charge < -0.3 is 14.2 Å². The Balaban J connectivity index is 1.80. The van der Waals surface area contributed by atoms with Crippen LogP contribution in [0.5, 0.6) is 11.5 Å². The molecule has 3 aromatic rings. The summed E-state index contributed by atoms with van der Waals surface area (Å²) in [5.74, 6) is -0.669. The van der Waals surface area contributed by atoms with Crippen LogP contribution in [0.15, 0.2) is 78.4 Å². The number of nitriles is 1. The molecule has 0 aromatic heterocycles. The number of rotatable bonds is 8. The van der Waals surface area contributed by atoms with E-state index in [0.717, 1.165) is 11.1 Å². The van der Waals surface area contributed by atoms with Crippen molar-refractivity contribution >= 4 is 18.0 Å². The first-order chi connectivity index (χ1) is 16.0. The molecule has 0 aliphatic heterocycles. The molecular formula is C27H23NO5. The Morgan fingerprint density at radius 3 is 2.21 bits per heavy atom. The highest BCUT2D eigenvalue weighted by atomic mass is 16.6. The highest BCUT2D eigenvalue weighted by Crippen LogP contribution is 2.30. The minimum absolute atomic E-state index is 0.137. The minimum atomic E-state index is -0.701. The topological polar surface area (TPSA) is 85.6 Å². The first-order valence-corrected chi connectivity index (χ1v) is 10.5. The van der Waals surface area contributed by atoms with Gasteiger partial charge >= 0.3 is 11.9 Å². The number of carbonyl (C=O) groups is 2. The summed E-state index contributed by atoms with van der Waals surface area (Å²) in [7, 11) is 0. The third kappa shape index (κ3) is 6.08. The van der Waals surface area contributed by atoms with Gasteiger partial charge in [0.2, 0.25) is 0 Å². The van der Waals surface area contributed by atoms with Crippen molar-refractivity contribution in [2.45, 2.75) is 13.8 Å². The van der Waals surface area contributed by atoms with Gasteiger partial charge in [0.05, 0.1) is 18.8 Å². The number of hydrogen-bond donors (Lipinski definition) is 0. The van der Waals surface area contributed by atoms with Crippen molar-refractivity contribution in [2.75, 3.05) is 13.2 Å². The van der Waals surface area contributed by atoms with Gasteiger partial charge in [-0.15, -0.1) is 0 Å². The highest BCUT2D eigenvalue weighted by molar-refractivity contribution is 5.98. The summed E-state index contributed by atoms with van der Waals surface area (Å²) in [5, 5.41) is 9.23. The predicted molar refractivity (Wildman–Crippen MR) is 125 cm³/mol. The minimum Gasteiger partial charge on any atom is -0.490 e. The average molecular weight is 441 g/mol. The van der Waals surface area contributed by atoms with Gasteiger partial charge in [0.15, 0.2) is 11.5 Å². The summed E-state index contributed by atoms with van der Waals surface area (Å²) in [6.07, 6.45) is 1.40. The van der Waals surface area contributed by atoms with Crippen molar-refractivity contribution in [3.63, 3.8) is 0 Å². The van der Waals surface area contributed by atoms with Crippen molar-refractivity contribution in [1.29, 1.82) is 5.26 Å². The Labute approximate surface area is 192 Å². The largest absolute Gasteiger partial charge is 0.490 e. The van der Waals surface area contributed by atoms with Gasteiger partial charge in [-0.05, 0) is 60.9 Å². The number of benzene rings is 3. The maximum atomic E-state index is 12.7. The summed E-state index contributed by atoms with van der Waals surface area (Å²) in [4.78, 5) is 24.6. The molecule has 0 amide bonds. The van der Waals surface area contributed by atoms with E-state index in [2.05, 4.69) is 0 Å². The van der Waals surface area contributed by atoms with Crippen LogP contribution in [0.1, 0.15) is 29.8 Å². The SMILES string of the molecule is CCOC(=O)/C(C#N)=C/c1ccc(OC(=O)c2ccc(-c3ccccc3)cc2)c(OCC)c1. The number of ether oxygens (including phenoxy) is 3. The lowest BCUT2D eigenvalue weighted by molar-refractivity contribution is -0.137. The molecule has 0 aliphatic carbocycles. The normalized spacial score (nSPS) is 10.8. The second-order valence-corrected chi connectivity index (χ2v) is 6.86. The van der Waals surface area contributed by atoms with E-state index in [-0.39, 0.29) is 17.9 Å². The number of carbonyl (C=O) groups excluding carboxylic acids is 2. The molecule has 33 heavy (non-hydrogen) atoms. The van der Waals surface area contributed by atoms with Gasteiger partial charge in [-0.3, -0.25) is 0 Å². The summed E-state index contributed by atoms with van der Waals surface area (Å²) >= 11 is 0. The Morgan fingerprint density at radius 2 is 1.58 bits per heavy atom. The average Bonchev–Trinajstić information content (AvgIpc) is 2.85. The van der Waals surface area contributed by atoms with Crippen molar-refractivity contribution in [2.24, 2.45) is 0 Å². The summed E-state index contributed by atoms with van der Waals surface area (Å²) < 4.78 is 16.0. The van der Waals surface area contributed by atoms with E-state index in [1.54, 1.807) is 44.2 Å². The Hall–Kier alpha value is -4.37. The zero-order chi connectivity index (χ0) is 23.6. The van der Waals surface area contributed by atoms with Gasteiger partial charge in [0.25, 0.3) is 0 Å². The molecule has 0 N–H and O–H groups in total. The zero-order valence-electron chi connectivity index (χ0n) is 18.4. The number of hydrogen-bond acceptors (Lipinski definition) is 6. The molecule has 0 fully saturated rings. The van der Waals surface area contributed by atoms with Crippen LogP contribution >= 0.6 is 0 Å². The molecule has 0 radical (unpaired) electrons. The molecule has 0 heterocycles. The van der Waals surface area contributed by atoms with Crippen LogP contribution in [0, 0.1) is 11.3 Å². The number of nitrogens with zero attached hydrogens (tertiary/aromatic N) is 1. The monoisotopic (exact) mass is 441 g/mol. The van der Waals surface area contributed by atoms with Crippen LogP contribution in [0.4, 0.5) is 0 Å². The van der Waals surface area contributed by atoms with Crippen LogP contribution in [0.2, 0.25) is 0 Å². The van der Waals surface area contributed by atoms with Crippen molar-refractivity contribution in [3.05, 3.63) is 89.5 Å². The van der Waals surface area contributed by atoms with E-state index in [0.29, 0.717) is 23.5 Å². The van der Waals surface area contributed by atoms with Crippen LogP contribution in [-0.4, -0.2) is 25.2 Å². The zero-order valence-corrected chi connectivity index (χ0v) is 18.4. The van der Waals surface area contributed by atoms with E-state index in [1.807, 2.05) is 48.5 Å². The molecular weight excluding hydrogens is 418 g/mol. The third-order valence-electron chi connectivity index (χ3n) is 4.62. The molecule has 0 unspecified atom stereocenters. The first kappa shape index (κ1) is 23.3. The summed E-state index contributed by atoms with van der Waals surface area (Å²) in [6, 6.07) is 23.6. The quantitative estimate of drug-likeness (QED) is 0.200. The second kappa shape index (κ2) is 11.3. The van der Waals surface area contributed by atoms with Crippen molar-refractivity contribution in [3.8, 4) is 28.7 Å². The third-order valence-corrected chi connectivity index (χ3v) is 4.62. The molecule has 0 saturated heterocycles. The summed E-state index contributed by atoms with van der Waals surface area (Å²) in [5.41, 5.74) is 2.85. The Bertz CT molecular complexity index is 1190. The standard InChI is InChI=1S/C27H23NO5/c1-3-31-25-17-19(16-23(18-28)26(29)32-4-2)10-15-24(25)33-27(30)22-13-11-21(12-14-22)20-8-6-5-7-9-20/h5-17H,3-4H2,1-2H3/b23-16+. The second-order valence-electron chi connectivity index (χ2n) is 6.86. The molecule has 0 spiro atoms. The highest BCUT2D eigenvalue weighted by Gasteiger charge is 2.15. The van der Waals surface area contributed by atoms with Gasteiger partial charge in [0.1, 0.15) is 11.6 Å². The predicted octanol–water partition coefficient (Wildman–Crippen LogP) is 5.44. The molecule has 6 nitrogen and oxygen atoms in total. The van der Waals surface area contributed by atoms with Crippen molar-refractivity contribution < 1.29 is 23.8 Å². The molecule has 166 valence electrons. The van der Waals surface area contributed by atoms with Gasteiger partial charge in [-0.1, -0.05) is 48.5 Å².